The number of hydrogen-bond donors (Lipinski definition) is 2. The van der Waals surface area contributed by atoms with Crippen LogP contribution in [0, 0.1) is 0 Å². The molecule has 0 spiro atoms. The normalized spacial score (nSPS) is 20.4. The summed E-state index contributed by atoms with van der Waals surface area (Å²) in [6.45, 7) is 1.95. The molecule has 2 rings (SSSR count). The van der Waals surface area contributed by atoms with E-state index in [0.29, 0.717) is 5.56 Å². The van der Waals surface area contributed by atoms with E-state index in [2.05, 4.69) is 5.32 Å². The van der Waals surface area contributed by atoms with Crippen molar-refractivity contribution in [3.05, 3.63) is 35.9 Å². The van der Waals surface area contributed by atoms with Crippen LogP contribution in [0.5, 0.6) is 0 Å². The highest BCUT2D eigenvalue weighted by Crippen LogP contribution is 2.19. The number of hydrogen-bond acceptors (Lipinski definition) is 3. The van der Waals surface area contributed by atoms with Gasteiger partial charge in [0, 0.05) is 13.1 Å². The monoisotopic (exact) mass is 298 g/mol. The lowest BCUT2D eigenvalue weighted by Crippen LogP contribution is -2.40. The van der Waals surface area contributed by atoms with Gasteiger partial charge in [-0.1, -0.05) is 30.3 Å². The molecule has 112 valence electrons. The van der Waals surface area contributed by atoms with E-state index >= 15 is 0 Å². The molecule has 1 saturated heterocycles. The molecule has 20 heavy (non-hydrogen) atoms. The largest absolute Gasteiger partial charge is 0.378 e. The number of rotatable bonds is 3. The zero-order valence-electron chi connectivity index (χ0n) is 11.8. The highest BCUT2D eigenvalue weighted by atomic mass is 35.5. The summed E-state index contributed by atoms with van der Waals surface area (Å²) in [5.41, 5.74) is 0.658. The lowest BCUT2D eigenvalue weighted by atomic mass is 10.0. The van der Waals surface area contributed by atoms with Gasteiger partial charge in [0.25, 0.3) is 5.91 Å². The fourth-order valence-electron chi connectivity index (χ4n) is 2.54. The second-order valence-electron chi connectivity index (χ2n) is 5.10. The minimum atomic E-state index is -1.05. The van der Waals surface area contributed by atoms with Gasteiger partial charge >= 0.3 is 0 Å². The van der Waals surface area contributed by atoms with Crippen LogP contribution in [-0.4, -0.2) is 42.1 Å². The molecular formula is C15H23ClN2O2. The van der Waals surface area contributed by atoms with Gasteiger partial charge in [-0.2, -0.15) is 0 Å². The quantitative estimate of drug-likeness (QED) is 0.894. The summed E-state index contributed by atoms with van der Waals surface area (Å²) < 4.78 is 0. The third-order valence-electron chi connectivity index (χ3n) is 3.79. The molecule has 5 heteroatoms. The average Bonchev–Trinajstić information content (AvgIpc) is 2.75. The molecule has 0 saturated carbocycles. The zero-order valence-corrected chi connectivity index (χ0v) is 12.6. The maximum absolute atomic E-state index is 12.3. The Morgan fingerprint density at radius 1 is 1.30 bits per heavy atom. The topological polar surface area (TPSA) is 52.6 Å². The first-order valence-electron chi connectivity index (χ1n) is 6.90. The summed E-state index contributed by atoms with van der Waals surface area (Å²) in [6, 6.07) is 9.33. The predicted molar refractivity (Wildman–Crippen MR) is 81.9 cm³/mol. The standard InChI is InChI=1S/C15H22N2O2.ClH/c1-17(13-8-5-10-16-11-9-13)15(19)14(18)12-6-3-2-4-7-12;/h2-4,6-7,13-14,16,18H,5,8-11H2,1H3;1H. The Kier molecular flexibility index (Phi) is 6.99. The fraction of sp³-hybridized carbons (Fsp3) is 0.533. The second-order valence-corrected chi connectivity index (χ2v) is 5.10. The number of carbonyl (C=O) groups excluding carboxylic acids is 1. The first-order chi connectivity index (χ1) is 9.20. The molecule has 0 radical (unpaired) electrons. The van der Waals surface area contributed by atoms with Crippen LogP contribution in [0.25, 0.3) is 0 Å². The summed E-state index contributed by atoms with van der Waals surface area (Å²) in [6.07, 6.45) is 1.96. The SMILES string of the molecule is CN(C(=O)C(O)c1ccccc1)C1CCCNCC1.Cl. The predicted octanol–water partition coefficient (Wildman–Crippen LogP) is 1.74. The van der Waals surface area contributed by atoms with E-state index in [9.17, 15) is 9.90 Å². The molecule has 1 aromatic carbocycles. The summed E-state index contributed by atoms with van der Waals surface area (Å²) >= 11 is 0. The first kappa shape index (κ1) is 17.0. The van der Waals surface area contributed by atoms with Crippen LogP contribution < -0.4 is 5.32 Å². The lowest BCUT2D eigenvalue weighted by molar-refractivity contribution is -0.141. The number of carbonyl (C=O) groups is 1. The van der Waals surface area contributed by atoms with E-state index in [-0.39, 0.29) is 24.4 Å². The minimum Gasteiger partial charge on any atom is -0.378 e. The Labute approximate surface area is 126 Å². The Balaban J connectivity index is 0.00000200. The molecule has 0 aromatic heterocycles. The third-order valence-corrected chi connectivity index (χ3v) is 3.79. The molecule has 1 fully saturated rings. The highest BCUT2D eigenvalue weighted by molar-refractivity contribution is 5.85. The molecule has 0 bridgehead atoms. The number of nitrogens with one attached hydrogen (secondary N) is 1. The lowest BCUT2D eigenvalue weighted by Gasteiger charge is -2.29. The molecule has 4 nitrogen and oxygen atoms in total. The van der Waals surface area contributed by atoms with Crippen LogP contribution in [0.15, 0.2) is 30.3 Å². The van der Waals surface area contributed by atoms with Gasteiger partial charge in [-0.15, -0.1) is 12.4 Å². The van der Waals surface area contributed by atoms with Gasteiger partial charge < -0.3 is 15.3 Å². The molecule has 1 heterocycles. The van der Waals surface area contributed by atoms with Gasteiger partial charge in [-0.3, -0.25) is 4.79 Å². The van der Waals surface area contributed by atoms with Crippen molar-refractivity contribution in [3.63, 3.8) is 0 Å². The molecule has 1 aliphatic rings. The molecule has 1 amide bonds. The van der Waals surface area contributed by atoms with Gasteiger partial charge in [-0.25, -0.2) is 0 Å². The van der Waals surface area contributed by atoms with Crippen molar-refractivity contribution in [1.29, 1.82) is 0 Å². The van der Waals surface area contributed by atoms with Crippen molar-refractivity contribution >= 4 is 18.3 Å². The fourth-order valence-corrected chi connectivity index (χ4v) is 2.54. The van der Waals surface area contributed by atoms with Crippen molar-refractivity contribution in [1.82, 2.24) is 10.2 Å². The van der Waals surface area contributed by atoms with Crippen LogP contribution in [0.3, 0.4) is 0 Å². The Hall–Kier alpha value is -1.10. The number of amides is 1. The van der Waals surface area contributed by atoms with Gasteiger partial charge in [-0.05, 0) is 37.9 Å². The van der Waals surface area contributed by atoms with Crippen LogP contribution in [-0.2, 0) is 4.79 Å². The van der Waals surface area contributed by atoms with Crippen LogP contribution in [0.2, 0.25) is 0 Å². The summed E-state index contributed by atoms with van der Waals surface area (Å²) in [7, 11) is 1.80. The summed E-state index contributed by atoms with van der Waals surface area (Å²) in [5, 5.41) is 13.5. The molecule has 2 unspecified atom stereocenters. The maximum Gasteiger partial charge on any atom is 0.256 e. The molecular weight excluding hydrogens is 276 g/mol. The van der Waals surface area contributed by atoms with Gasteiger partial charge in [0.15, 0.2) is 6.10 Å². The van der Waals surface area contributed by atoms with Crippen molar-refractivity contribution in [3.8, 4) is 0 Å². The third kappa shape index (κ3) is 4.20. The van der Waals surface area contributed by atoms with E-state index in [1.165, 1.54) is 0 Å². The van der Waals surface area contributed by atoms with E-state index in [0.717, 1.165) is 32.4 Å². The number of halogens is 1. The Morgan fingerprint density at radius 2 is 2.00 bits per heavy atom. The summed E-state index contributed by atoms with van der Waals surface area (Å²) in [5.74, 6) is -0.210. The Morgan fingerprint density at radius 3 is 2.70 bits per heavy atom. The van der Waals surface area contributed by atoms with Crippen molar-refractivity contribution in [2.24, 2.45) is 0 Å². The number of nitrogens with zero attached hydrogens (tertiary/aromatic N) is 1. The minimum absolute atomic E-state index is 0. The highest BCUT2D eigenvalue weighted by Gasteiger charge is 2.26. The van der Waals surface area contributed by atoms with Crippen molar-refractivity contribution in [2.45, 2.75) is 31.4 Å². The Bertz CT molecular complexity index is 406. The molecule has 2 N–H and O–H groups in total. The number of likely N-dealkylation sites (N-methyl/N-ethyl adjacent to an activating group) is 1. The van der Waals surface area contributed by atoms with Gasteiger partial charge in [0.05, 0.1) is 0 Å². The van der Waals surface area contributed by atoms with E-state index < -0.39 is 6.10 Å². The van der Waals surface area contributed by atoms with E-state index in [1.807, 2.05) is 18.2 Å². The van der Waals surface area contributed by atoms with Gasteiger partial charge in [0.2, 0.25) is 0 Å². The summed E-state index contributed by atoms with van der Waals surface area (Å²) in [4.78, 5) is 14.0. The average molecular weight is 299 g/mol. The van der Waals surface area contributed by atoms with Crippen LogP contribution in [0.1, 0.15) is 30.9 Å². The van der Waals surface area contributed by atoms with Crippen molar-refractivity contribution < 1.29 is 9.90 Å². The number of benzene rings is 1. The number of aliphatic hydroxyl groups is 1. The van der Waals surface area contributed by atoms with Crippen molar-refractivity contribution in [2.75, 3.05) is 20.1 Å². The first-order valence-corrected chi connectivity index (χ1v) is 6.90. The zero-order chi connectivity index (χ0) is 13.7. The van der Waals surface area contributed by atoms with Crippen LogP contribution in [0.4, 0.5) is 0 Å². The van der Waals surface area contributed by atoms with E-state index in [1.54, 1.807) is 24.1 Å². The molecule has 1 aromatic rings. The van der Waals surface area contributed by atoms with Gasteiger partial charge in [0.1, 0.15) is 0 Å². The number of aliphatic hydroxyl groups excluding tert-OH is 1. The van der Waals surface area contributed by atoms with E-state index in [4.69, 9.17) is 0 Å². The molecule has 1 aliphatic heterocycles. The second kappa shape index (κ2) is 8.25. The smallest absolute Gasteiger partial charge is 0.256 e. The maximum atomic E-state index is 12.3. The van der Waals surface area contributed by atoms with Crippen LogP contribution >= 0.6 is 12.4 Å². The molecule has 0 aliphatic carbocycles. The molecule has 2 atom stereocenters.